The van der Waals surface area contributed by atoms with E-state index in [0.717, 1.165) is 22.5 Å². The van der Waals surface area contributed by atoms with E-state index in [0.29, 0.717) is 17.9 Å². The summed E-state index contributed by atoms with van der Waals surface area (Å²) in [4.78, 5) is 29.8. The molecule has 4 aromatic rings. The Morgan fingerprint density at radius 1 is 1.11 bits per heavy atom. The van der Waals surface area contributed by atoms with Gasteiger partial charge in [0.25, 0.3) is 0 Å². The predicted molar refractivity (Wildman–Crippen MR) is 128 cm³/mol. The Morgan fingerprint density at radius 3 is 2.62 bits per heavy atom. The van der Waals surface area contributed by atoms with Gasteiger partial charge in [0.1, 0.15) is 29.7 Å². The molecule has 0 radical (unpaired) electrons. The van der Waals surface area contributed by atoms with Crippen LogP contribution in [-0.2, 0) is 26.9 Å². The summed E-state index contributed by atoms with van der Waals surface area (Å²) in [5.41, 5.74) is 1.49. The van der Waals surface area contributed by atoms with Gasteiger partial charge in [0, 0.05) is 23.0 Å². The largest absolute Gasteiger partial charge is 0.497 e. The highest BCUT2D eigenvalue weighted by Gasteiger charge is 2.38. The van der Waals surface area contributed by atoms with Crippen molar-refractivity contribution in [2.75, 3.05) is 20.8 Å². The molecule has 2 aromatic carbocycles. The van der Waals surface area contributed by atoms with Crippen LogP contribution in [0, 0.1) is 0 Å². The molecule has 3 heterocycles. The quantitative estimate of drug-likeness (QED) is 0.282. The average Bonchev–Trinajstić information content (AvgIpc) is 3.52. The van der Waals surface area contributed by atoms with Crippen LogP contribution in [0.25, 0.3) is 22.2 Å². The Labute approximate surface area is 209 Å². The molecule has 0 bridgehead atoms. The Bertz CT molecular complexity index is 1490. The molecular weight excluding hydrogens is 489 g/mol. The lowest BCUT2D eigenvalue weighted by Crippen LogP contribution is -2.41. The lowest BCUT2D eigenvalue weighted by atomic mass is 9.95. The molecule has 0 saturated heterocycles. The molecule has 1 aliphatic heterocycles. The van der Waals surface area contributed by atoms with E-state index in [1.807, 2.05) is 12.1 Å². The summed E-state index contributed by atoms with van der Waals surface area (Å²) in [6.07, 6.45) is -4.54. The molecule has 0 spiro atoms. The number of halogens is 3. The van der Waals surface area contributed by atoms with Crippen LogP contribution in [0.3, 0.4) is 0 Å². The standard InChI is InChI=1S/C27H23F3N2O5/c1-35-15-7-8-20-18(13-15)16-11-12-32(23(33)14-24(34)36-2)26(25(16)31-20)22-10-9-21(37-22)17-5-3-4-6-19(17)27(28,29)30/h3-10,13,26,31H,11-12,14H2,1-2H3/t26-/m0/s1. The van der Waals surface area contributed by atoms with Gasteiger partial charge in [0.2, 0.25) is 5.91 Å². The second-order valence-electron chi connectivity index (χ2n) is 8.67. The molecule has 0 aliphatic carbocycles. The number of esters is 1. The molecular formula is C27H23F3N2O5. The second-order valence-corrected chi connectivity index (χ2v) is 8.67. The van der Waals surface area contributed by atoms with Crippen molar-refractivity contribution in [1.29, 1.82) is 0 Å². The van der Waals surface area contributed by atoms with Gasteiger partial charge in [0.15, 0.2) is 0 Å². The molecule has 192 valence electrons. The van der Waals surface area contributed by atoms with Crippen LogP contribution in [0.1, 0.15) is 35.0 Å². The summed E-state index contributed by atoms with van der Waals surface area (Å²) in [6, 6.07) is 12.9. The number of carbonyl (C=O) groups excluding carboxylic acids is 2. The third kappa shape index (κ3) is 4.43. The van der Waals surface area contributed by atoms with Gasteiger partial charge in [-0.05, 0) is 48.4 Å². The Morgan fingerprint density at radius 2 is 1.89 bits per heavy atom. The van der Waals surface area contributed by atoms with E-state index in [4.69, 9.17) is 9.15 Å². The van der Waals surface area contributed by atoms with Gasteiger partial charge in [-0.1, -0.05) is 18.2 Å². The number of methoxy groups -OCH3 is 2. The zero-order chi connectivity index (χ0) is 26.3. The van der Waals surface area contributed by atoms with Crippen molar-refractivity contribution in [2.24, 2.45) is 0 Å². The fraction of sp³-hybridized carbons (Fsp3) is 0.259. The van der Waals surface area contributed by atoms with E-state index in [9.17, 15) is 22.8 Å². The lowest BCUT2D eigenvalue weighted by Gasteiger charge is -2.34. The first-order chi connectivity index (χ1) is 17.7. The number of fused-ring (bicyclic) bond motifs is 3. The van der Waals surface area contributed by atoms with Crippen molar-refractivity contribution in [3.05, 3.63) is 77.2 Å². The molecule has 1 atom stereocenters. The SMILES string of the molecule is COC(=O)CC(=O)N1CCc2c([nH]c3ccc(OC)cc23)[C@@H]1c1ccc(-c2ccccc2C(F)(F)F)o1. The van der Waals surface area contributed by atoms with Crippen molar-refractivity contribution in [2.45, 2.75) is 25.1 Å². The van der Waals surface area contributed by atoms with E-state index < -0.39 is 36.1 Å². The molecule has 0 unspecified atom stereocenters. The van der Waals surface area contributed by atoms with Crippen molar-refractivity contribution < 1.29 is 36.7 Å². The van der Waals surface area contributed by atoms with Crippen LogP contribution in [0.5, 0.6) is 5.75 Å². The highest BCUT2D eigenvalue weighted by Crippen LogP contribution is 2.43. The van der Waals surface area contributed by atoms with Crippen molar-refractivity contribution >= 4 is 22.8 Å². The number of amides is 1. The minimum atomic E-state index is -4.57. The van der Waals surface area contributed by atoms with Gasteiger partial charge in [0.05, 0.1) is 25.5 Å². The molecule has 5 rings (SSSR count). The number of nitrogens with one attached hydrogen (secondary N) is 1. The van der Waals surface area contributed by atoms with E-state index in [1.54, 1.807) is 19.2 Å². The average molecular weight is 512 g/mol. The summed E-state index contributed by atoms with van der Waals surface area (Å²) in [5.74, 6) is -0.209. The van der Waals surface area contributed by atoms with Gasteiger partial charge in [-0.15, -0.1) is 0 Å². The van der Waals surface area contributed by atoms with Crippen LogP contribution in [0.15, 0.2) is 59.0 Å². The number of nitrogens with zero attached hydrogens (tertiary/aromatic N) is 1. The summed E-state index contributed by atoms with van der Waals surface area (Å²) < 4.78 is 57.0. The smallest absolute Gasteiger partial charge is 0.417 e. The number of ether oxygens (including phenoxy) is 2. The Kier molecular flexibility index (Phi) is 6.18. The molecule has 7 nitrogen and oxygen atoms in total. The Hall–Kier alpha value is -4.21. The normalized spacial score (nSPS) is 15.5. The van der Waals surface area contributed by atoms with Crippen LogP contribution in [-0.4, -0.2) is 42.5 Å². The Balaban J connectivity index is 1.63. The number of H-pyrrole nitrogens is 1. The zero-order valence-corrected chi connectivity index (χ0v) is 20.0. The van der Waals surface area contributed by atoms with Crippen molar-refractivity contribution in [3.63, 3.8) is 0 Å². The van der Waals surface area contributed by atoms with E-state index in [-0.39, 0.29) is 23.6 Å². The second kappa shape index (κ2) is 9.34. The fourth-order valence-corrected chi connectivity index (χ4v) is 4.85. The molecule has 0 saturated carbocycles. The van der Waals surface area contributed by atoms with Gasteiger partial charge in [-0.2, -0.15) is 13.2 Å². The minimum absolute atomic E-state index is 0.0215. The van der Waals surface area contributed by atoms with Crippen LogP contribution < -0.4 is 4.74 Å². The number of alkyl halides is 3. The van der Waals surface area contributed by atoms with Gasteiger partial charge in [-0.25, -0.2) is 0 Å². The first kappa shape index (κ1) is 24.5. The molecule has 10 heteroatoms. The van der Waals surface area contributed by atoms with E-state index in [2.05, 4.69) is 9.72 Å². The molecule has 1 amide bonds. The fourth-order valence-electron chi connectivity index (χ4n) is 4.85. The van der Waals surface area contributed by atoms with Crippen molar-refractivity contribution in [1.82, 2.24) is 9.88 Å². The maximum absolute atomic E-state index is 13.6. The van der Waals surface area contributed by atoms with Gasteiger partial charge < -0.3 is 23.8 Å². The summed E-state index contributed by atoms with van der Waals surface area (Å²) in [6.45, 7) is 0.271. The highest BCUT2D eigenvalue weighted by atomic mass is 19.4. The lowest BCUT2D eigenvalue weighted by molar-refractivity contribution is -0.147. The van der Waals surface area contributed by atoms with Crippen molar-refractivity contribution in [3.8, 4) is 17.1 Å². The van der Waals surface area contributed by atoms with E-state index >= 15 is 0 Å². The maximum atomic E-state index is 13.6. The molecule has 1 aliphatic rings. The third-order valence-corrected chi connectivity index (χ3v) is 6.57. The number of furan rings is 1. The van der Waals surface area contributed by atoms with E-state index in [1.165, 1.54) is 36.3 Å². The molecule has 37 heavy (non-hydrogen) atoms. The first-order valence-corrected chi connectivity index (χ1v) is 11.5. The maximum Gasteiger partial charge on any atom is 0.417 e. The molecule has 0 fully saturated rings. The zero-order valence-electron chi connectivity index (χ0n) is 20.0. The molecule has 2 aromatic heterocycles. The number of rotatable bonds is 5. The highest BCUT2D eigenvalue weighted by molar-refractivity contribution is 5.95. The molecule has 1 N–H and O–H groups in total. The number of carbonyl (C=O) groups is 2. The number of hydrogen-bond acceptors (Lipinski definition) is 5. The number of benzene rings is 2. The van der Waals surface area contributed by atoms with Gasteiger partial charge in [-0.3, -0.25) is 9.59 Å². The summed E-state index contributed by atoms with van der Waals surface area (Å²) in [7, 11) is 2.77. The number of aromatic nitrogens is 1. The summed E-state index contributed by atoms with van der Waals surface area (Å²) >= 11 is 0. The predicted octanol–water partition coefficient (Wildman–Crippen LogP) is 5.49. The number of aromatic amines is 1. The van der Waals surface area contributed by atoms with Gasteiger partial charge >= 0.3 is 12.1 Å². The third-order valence-electron chi connectivity index (χ3n) is 6.57. The topological polar surface area (TPSA) is 84.8 Å². The number of hydrogen-bond donors (Lipinski definition) is 1. The van der Waals surface area contributed by atoms with Crippen LogP contribution >= 0.6 is 0 Å². The summed E-state index contributed by atoms with van der Waals surface area (Å²) in [5, 5.41) is 0.911. The van der Waals surface area contributed by atoms with Crippen LogP contribution in [0.2, 0.25) is 0 Å². The van der Waals surface area contributed by atoms with Crippen LogP contribution in [0.4, 0.5) is 13.2 Å². The first-order valence-electron chi connectivity index (χ1n) is 11.5. The minimum Gasteiger partial charge on any atom is -0.497 e. The monoisotopic (exact) mass is 512 g/mol.